The Labute approximate surface area is 148 Å². The Morgan fingerprint density at radius 3 is 2.35 bits per heavy atom. The van der Waals surface area contributed by atoms with E-state index in [2.05, 4.69) is 10.3 Å². The minimum absolute atomic E-state index is 0.0609. The summed E-state index contributed by atoms with van der Waals surface area (Å²) in [6, 6.07) is 5.73. The van der Waals surface area contributed by atoms with Gasteiger partial charge in [-0.15, -0.1) is 0 Å². The second-order valence-corrected chi connectivity index (χ2v) is 6.19. The van der Waals surface area contributed by atoms with Crippen LogP contribution in [0.5, 0.6) is 0 Å². The number of anilines is 2. The molecule has 9 heteroatoms. The molecule has 0 aliphatic carbocycles. The standard InChI is InChI=1S/C17H19N5O4/c1-9-6-5-7-10(2)12(9)18-16-19-14-13(22(16)8-11(23)24)15(25)21(4)17(26)20(14)3/h5-7H,8H2,1-4H3,(H,18,19)(H,23,24). The van der Waals surface area contributed by atoms with Crippen LogP contribution in [0.2, 0.25) is 0 Å². The SMILES string of the molecule is Cc1cccc(C)c1Nc1nc2c(c(=O)n(C)c(=O)n2C)n1CC(=O)O. The summed E-state index contributed by atoms with van der Waals surface area (Å²) in [6.07, 6.45) is 0. The van der Waals surface area contributed by atoms with Gasteiger partial charge >= 0.3 is 11.7 Å². The Hall–Kier alpha value is -3.36. The number of carbonyl (C=O) groups is 1. The van der Waals surface area contributed by atoms with Gasteiger partial charge in [0, 0.05) is 19.8 Å². The molecule has 0 unspecified atom stereocenters. The van der Waals surface area contributed by atoms with Crippen molar-refractivity contribution in [2.24, 2.45) is 14.1 Å². The highest BCUT2D eigenvalue weighted by atomic mass is 16.4. The van der Waals surface area contributed by atoms with E-state index in [1.807, 2.05) is 32.0 Å². The molecule has 0 radical (unpaired) electrons. The maximum atomic E-state index is 12.6. The van der Waals surface area contributed by atoms with Crippen LogP contribution in [0.1, 0.15) is 11.1 Å². The minimum Gasteiger partial charge on any atom is -0.480 e. The van der Waals surface area contributed by atoms with Crippen molar-refractivity contribution >= 4 is 28.8 Å². The molecule has 0 amide bonds. The van der Waals surface area contributed by atoms with E-state index in [1.54, 1.807) is 0 Å². The number of carboxylic acids is 1. The van der Waals surface area contributed by atoms with Crippen molar-refractivity contribution in [2.75, 3.05) is 5.32 Å². The Balaban J connectivity index is 2.33. The van der Waals surface area contributed by atoms with Crippen molar-refractivity contribution in [3.8, 4) is 0 Å². The molecule has 0 aliphatic rings. The average Bonchev–Trinajstić information content (AvgIpc) is 2.92. The molecule has 0 spiro atoms. The zero-order chi connectivity index (χ0) is 19.2. The summed E-state index contributed by atoms with van der Waals surface area (Å²) in [6.45, 7) is 3.36. The number of fused-ring (bicyclic) bond motifs is 1. The fourth-order valence-corrected chi connectivity index (χ4v) is 2.95. The Morgan fingerprint density at radius 1 is 1.15 bits per heavy atom. The molecule has 0 bridgehead atoms. The molecule has 3 aromatic rings. The van der Waals surface area contributed by atoms with E-state index in [0.29, 0.717) is 0 Å². The molecule has 2 aromatic heterocycles. The highest BCUT2D eigenvalue weighted by Gasteiger charge is 2.21. The normalized spacial score (nSPS) is 11.1. The summed E-state index contributed by atoms with van der Waals surface area (Å²) in [5.41, 5.74) is 1.74. The van der Waals surface area contributed by atoms with Crippen molar-refractivity contribution < 1.29 is 9.90 Å². The monoisotopic (exact) mass is 357 g/mol. The molecule has 26 heavy (non-hydrogen) atoms. The lowest BCUT2D eigenvalue weighted by Crippen LogP contribution is -2.37. The molecule has 2 heterocycles. The van der Waals surface area contributed by atoms with Gasteiger partial charge in [-0.3, -0.25) is 23.3 Å². The van der Waals surface area contributed by atoms with Crippen LogP contribution in [0.3, 0.4) is 0 Å². The van der Waals surface area contributed by atoms with Crippen molar-refractivity contribution in [1.29, 1.82) is 0 Å². The van der Waals surface area contributed by atoms with Gasteiger partial charge in [0.2, 0.25) is 5.95 Å². The molecule has 9 nitrogen and oxygen atoms in total. The topological polar surface area (TPSA) is 111 Å². The van der Waals surface area contributed by atoms with Crippen LogP contribution in [0.25, 0.3) is 11.2 Å². The van der Waals surface area contributed by atoms with E-state index in [0.717, 1.165) is 21.4 Å². The number of hydrogen-bond donors (Lipinski definition) is 2. The van der Waals surface area contributed by atoms with E-state index in [-0.39, 0.29) is 17.1 Å². The number of nitrogens with zero attached hydrogens (tertiary/aromatic N) is 4. The third kappa shape index (κ3) is 2.67. The van der Waals surface area contributed by atoms with E-state index in [9.17, 15) is 19.5 Å². The summed E-state index contributed by atoms with van der Waals surface area (Å²) in [5, 5.41) is 12.4. The molecule has 0 aliphatic heterocycles. The largest absolute Gasteiger partial charge is 0.480 e. The first kappa shape index (κ1) is 17.5. The van der Waals surface area contributed by atoms with Gasteiger partial charge < -0.3 is 10.4 Å². The smallest absolute Gasteiger partial charge is 0.332 e. The zero-order valence-corrected chi connectivity index (χ0v) is 14.9. The van der Waals surface area contributed by atoms with Gasteiger partial charge in [-0.25, -0.2) is 4.79 Å². The average molecular weight is 357 g/mol. The predicted molar refractivity (Wildman–Crippen MR) is 97.0 cm³/mol. The van der Waals surface area contributed by atoms with E-state index in [1.165, 1.54) is 23.2 Å². The summed E-state index contributed by atoms with van der Waals surface area (Å²) < 4.78 is 3.45. The molecule has 2 N–H and O–H groups in total. The van der Waals surface area contributed by atoms with Gasteiger partial charge in [-0.1, -0.05) is 18.2 Å². The van der Waals surface area contributed by atoms with Crippen molar-refractivity contribution in [3.63, 3.8) is 0 Å². The first-order chi connectivity index (χ1) is 12.2. The molecule has 0 atom stereocenters. The van der Waals surface area contributed by atoms with Gasteiger partial charge in [0.05, 0.1) is 0 Å². The second kappa shape index (κ2) is 6.17. The number of hydrogen-bond acceptors (Lipinski definition) is 5. The number of benzene rings is 1. The van der Waals surface area contributed by atoms with E-state index >= 15 is 0 Å². The van der Waals surface area contributed by atoms with Crippen LogP contribution < -0.4 is 16.6 Å². The zero-order valence-electron chi connectivity index (χ0n) is 14.9. The highest BCUT2D eigenvalue weighted by molar-refractivity contribution is 5.79. The van der Waals surface area contributed by atoms with Crippen LogP contribution in [0.4, 0.5) is 11.6 Å². The third-order valence-electron chi connectivity index (χ3n) is 4.36. The number of rotatable bonds is 4. The summed E-state index contributed by atoms with van der Waals surface area (Å²) in [7, 11) is 2.84. The Bertz CT molecular complexity index is 1130. The van der Waals surface area contributed by atoms with Gasteiger partial charge in [0.1, 0.15) is 6.54 Å². The molecule has 0 fully saturated rings. The van der Waals surface area contributed by atoms with Gasteiger partial charge in [-0.2, -0.15) is 4.98 Å². The minimum atomic E-state index is -1.12. The fourth-order valence-electron chi connectivity index (χ4n) is 2.95. The second-order valence-electron chi connectivity index (χ2n) is 6.19. The molecule has 1 aromatic carbocycles. The van der Waals surface area contributed by atoms with Crippen molar-refractivity contribution in [2.45, 2.75) is 20.4 Å². The highest BCUT2D eigenvalue weighted by Crippen LogP contribution is 2.25. The maximum Gasteiger partial charge on any atom is 0.332 e. The predicted octanol–water partition coefficient (Wildman–Crippen LogP) is 0.879. The van der Waals surface area contributed by atoms with Crippen molar-refractivity contribution in [3.05, 3.63) is 50.2 Å². The Kier molecular flexibility index (Phi) is 4.15. The lowest BCUT2D eigenvalue weighted by atomic mass is 10.1. The molecule has 3 rings (SSSR count). The molecule has 0 saturated carbocycles. The molecular weight excluding hydrogens is 338 g/mol. The van der Waals surface area contributed by atoms with Crippen LogP contribution in [-0.2, 0) is 25.4 Å². The van der Waals surface area contributed by atoms with Crippen molar-refractivity contribution in [1.82, 2.24) is 18.7 Å². The summed E-state index contributed by atoms with van der Waals surface area (Å²) in [4.78, 5) is 40.4. The number of imidazole rings is 1. The van der Waals surface area contributed by atoms with Gasteiger partial charge in [0.15, 0.2) is 11.2 Å². The number of aliphatic carboxylic acids is 1. The van der Waals surface area contributed by atoms with Crippen LogP contribution in [0.15, 0.2) is 27.8 Å². The lowest BCUT2D eigenvalue weighted by molar-refractivity contribution is -0.137. The molecule has 0 saturated heterocycles. The number of para-hydroxylation sites is 1. The number of aryl methyl sites for hydroxylation is 3. The van der Waals surface area contributed by atoms with Crippen LogP contribution in [-0.4, -0.2) is 29.8 Å². The van der Waals surface area contributed by atoms with E-state index < -0.39 is 23.8 Å². The molecule has 136 valence electrons. The van der Waals surface area contributed by atoms with Crippen LogP contribution in [0, 0.1) is 13.8 Å². The Morgan fingerprint density at radius 2 is 1.77 bits per heavy atom. The number of carboxylic acid groups (broad SMARTS) is 1. The summed E-state index contributed by atoms with van der Waals surface area (Å²) >= 11 is 0. The first-order valence-corrected chi connectivity index (χ1v) is 7.93. The van der Waals surface area contributed by atoms with E-state index in [4.69, 9.17) is 0 Å². The third-order valence-corrected chi connectivity index (χ3v) is 4.36. The lowest BCUT2D eigenvalue weighted by Gasteiger charge is -2.13. The summed E-state index contributed by atoms with van der Waals surface area (Å²) in [5.74, 6) is -0.928. The quantitative estimate of drug-likeness (QED) is 0.717. The molecular formula is C17H19N5O4. The van der Waals surface area contributed by atoms with Crippen LogP contribution >= 0.6 is 0 Å². The van der Waals surface area contributed by atoms with Gasteiger partial charge in [-0.05, 0) is 25.0 Å². The van der Waals surface area contributed by atoms with Gasteiger partial charge in [0.25, 0.3) is 5.56 Å². The fraction of sp³-hybridized carbons (Fsp3) is 0.294. The first-order valence-electron chi connectivity index (χ1n) is 7.93. The maximum absolute atomic E-state index is 12.6. The number of nitrogens with one attached hydrogen (secondary N) is 1. The number of aromatic nitrogens is 4.